The van der Waals surface area contributed by atoms with Crippen LogP contribution >= 0.6 is 0 Å². The third-order valence-corrected chi connectivity index (χ3v) is 6.21. The first-order valence-corrected chi connectivity index (χ1v) is 10.6. The Labute approximate surface area is 175 Å². The molecule has 0 aromatic carbocycles. The summed E-state index contributed by atoms with van der Waals surface area (Å²) in [5.41, 5.74) is 2.73. The zero-order valence-electron chi connectivity index (χ0n) is 16.9. The van der Waals surface area contributed by atoms with Gasteiger partial charge in [-0.25, -0.2) is 0 Å². The molecular formula is C23H25N5O2. The Morgan fingerprint density at radius 1 is 1.10 bits per heavy atom. The number of amides is 1. The average molecular weight is 403 g/mol. The van der Waals surface area contributed by atoms with E-state index in [1.807, 2.05) is 44.6 Å². The quantitative estimate of drug-likeness (QED) is 0.656. The number of pyridine rings is 2. The van der Waals surface area contributed by atoms with Crippen LogP contribution in [0.2, 0.25) is 0 Å². The topological polar surface area (TPSA) is 73.0 Å². The van der Waals surface area contributed by atoms with Crippen molar-refractivity contribution >= 4 is 5.91 Å². The maximum absolute atomic E-state index is 12.8. The van der Waals surface area contributed by atoms with Gasteiger partial charge in [0.25, 0.3) is 5.56 Å². The lowest BCUT2D eigenvalue weighted by Gasteiger charge is -2.43. The molecule has 5 rings (SSSR count). The Morgan fingerprint density at radius 2 is 2.03 bits per heavy atom. The van der Waals surface area contributed by atoms with Gasteiger partial charge in [-0.2, -0.15) is 5.10 Å². The monoisotopic (exact) mass is 403 g/mol. The van der Waals surface area contributed by atoms with Crippen LogP contribution in [0.4, 0.5) is 0 Å². The van der Waals surface area contributed by atoms with Gasteiger partial charge in [-0.1, -0.05) is 6.07 Å². The molecule has 5 heterocycles. The number of hydrogen-bond donors (Lipinski definition) is 0. The number of hydrogen-bond acceptors (Lipinski definition) is 4. The van der Waals surface area contributed by atoms with Crippen molar-refractivity contribution in [3.05, 3.63) is 71.0 Å². The number of likely N-dealkylation sites (tertiary alicyclic amines) is 1. The SMILES string of the molecule is O=C(CCCn1cccn1)N1C[C@@H]2C[C@H](C1)c1cc(-c3ccccn3)cc(=O)n1C2. The van der Waals surface area contributed by atoms with Gasteiger partial charge in [0.15, 0.2) is 0 Å². The van der Waals surface area contributed by atoms with E-state index in [9.17, 15) is 9.59 Å². The highest BCUT2D eigenvalue weighted by molar-refractivity contribution is 5.76. The highest BCUT2D eigenvalue weighted by Gasteiger charge is 2.36. The van der Waals surface area contributed by atoms with Crippen LogP contribution in [0.1, 0.15) is 30.9 Å². The molecule has 1 amide bonds. The van der Waals surface area contributed by atoms with Crippen molar-refractivity contribution in [3.63, 3.8) is 0 Å². The van der Waals surface area contributed by atoms with Crippen molar-refractivity contribution < 1.29 is 4.79 Å². The summed E-state index contributed by atoms with van der Waals surface area (Å²) < 4.78 is 3.77. The molecule has 2 bridgehead atoms. The minimum absolute atomic E-state index is 0.0295. The summed E-state index contributed by atoms with van der Waals surface area (Å²) in [6, 6.07) is 11.4. The van der Waals surface area contributed by atoms with Crippen LogP contribution < -0.4 is 5.56 Å². The Balaban J connectivity index is 1.33. The molecule has 2 aliphatic rings. The van der Waals surface area contributed by atoms with E-state index in [0.29, 0.717) is 25.4 Å². The summed E-state index contributed by atoms with van der Waals surface area (Å²) in [4.78, 5) is 32.0. The van der Waals surface area contributed by atoms with Crippen LogP contribution in [0.5, 0.6) is 0 Å². The Bertz CT molecular complexity index is 1090. The van der Waals surface area contributed by atoms with E-state index in [1.54, 1.807) is 18.5 Å². The predicted octanol–water partition coefficient (Wildman–Crippen LogP) is 2.53. The molecule has 7 nitrogen and oxygen atoms in total. The van der Waals surface area contributed by atoms with Gasteiger partial charge in [0, 0.05) is 74.4 Å². The summed E-state index contributed by atoms with van der Waals surface area (Å²) in [7, 11) is 0. The first kappa shape index (κ1) is 18.8. The van der Waals surface area contributed by atoms with E-state index in [0.717, 1.165) is 42.9 Å². The maximum Gasteiger partial charge on any atom is 0.251 e. The number of aromatic nitrogens is 4. The molecule has 1 saturated heterocycles. The molecule has 30 heavy (non-hydrogen) atoms. The molecule has 154 valence electrons. The van der Waals surface area contributed by atoms with Crippen LogP contribution in [0.15, 0.2) is 59.8 Å². The minimum Gasteiger partial charge on any atom is -0.342 e. The number of piperidine rings is 1. The van der Waals surface area contributed by atoms with Crippen molar-refractivity contribution in [1.29, 1.82) is 0 Å². The van der Waals surface area contributed by atoms with Gasteiger partial charge in [-0.15, -0.1) is 0 Å². The Hall–Kier alpha value is -3.22. The van der Waals surface area contributed by atoms with Gasteiger partial charge in [-0.05, 0) is 43.0 Å². The second-order valence-corrected chi connectivity index (χ2v) is 8.30. The second kappa shape index (κ2) is 7.89. The smallest absolute Gasteiger partial charge is 0.251 e. The van der Waals surface area contributed by atoms with Crippen molar-refractivity contribution in [1.82, 2.24) is 24.2 Å². The van der Waals surface area contributed by atoms with Gasteiger partial charge < -0.3 is 9.47 Å². The van der Waals surface area contributed by atoms with Crippen LogP contribution in [-0.4, -0.2) is 43.2 Å². The zero-order chi connectivity index (χ0) is 20.5. The summed E-state index contributed by atoms with van der Waals surface area (Å²) in [6.07, 6.45) is 7.76. The Kier molecular flexibility index (Phi) is 4.94. The minimum atomic E-state index is 0.0295. The number of carbonyl (C=O) groups is 1. The van der Waals surface area contributed by atoms with Gasteiger partial charge in [-0.3, -0.25) is 19.3 Å². The molecule has 2 atom stereocenters. The fourth-order valence-corrected chi connectivity index (χ4v) is 4.83. The fourth-order valence-electron chi connectivity index (χ4n) is 4.83. The molecule has 0 spiro atoms. The van der Waals surface area contributed by atoms with Crippen molar-refractivity contribution in [2.45, 2.75) is 38.3 Å². The van der Waals surface area contributed by atoms with E-state index in [4.69, 9.17) is 0 Å². The van der Waals surface area contributed by atoms with E-state index in [-0.39, 0.29) is 17.4 Å². The van der Waals surface area contributed by atoms with E-state index in [1.165, 1.54) is 0 Å². The third kappa shape index (κ3) is 3.67. The number of carbonyl (C=O) groups excluding carboxylic acids is 1. The first-order valence-electron chi connectivity index (χ1n) is 10.6. The predicted molar refractivity (Wildman–Crippen MR) is 113 cm³/mol. The molecule has 2 aliphatic heterocycles. The second-order valence-electron chi connectivity index (χ2n) is 8.30. The van der Waals surface area contributed by atoms with Crippen LogP contribution in [-0.2, 0) is 17.9 Å². The normalized spacial score (nSPS) is 20.1. The summed E-state index contributed by atoms with van der Waals surface area (Å²) in [6.45, 7) is 2.86. The lowest BCUT2D eigenvalue weighted by molar-refractivity contribution is -0.134. The maximum atomic E-state index is 12.8. The number of rotatable bonds is 5. The zero-order valence-corrected chi connectivity index (χ0v) is 16.9. The Morgan fingerprint density at radius 3 is 2.83 bits per heavy atom. The molecular weight excluding hydrogens is 378 g/mol. The highest BCUT2D eigenvalue weighted by atomic mass is 16.2. The lowest BCUT2D eigenvalue weighted by Crippen LogP contribution is -2.49. The van der Waals surface area contributed by atoms with Crippen molar-refractivity contribution in [2.24, 2.45) is 5.92 Å². The average Bonchev–Trinajstić information content (AvgIpc) is 3.28. The van der Waals surface area contributed by atoms with Crippen LogP contribution in [0.3, 0.4) is 0 Å². The molecule has 0 saturated carbocycles. The molecule has 0 radical (unpaired) electrons. The third-order valence-electron chi connectivity index (χ3n) is 6.21. The summed E-state index contributed by atoms with van der Waals surface area (Å²) in [5, 5.41) is 4.19. The van der Waals surface area contributed by atoms with Gasteiger partial charge in [0.1, 0.15) is 0 Å². The van der Waals surface area contributed by atoms with Crippen LogP contribution in [0, 0.1) is 5.92 Å². The number of fused-ring (bicyclic) bond motifs is 4. The first-order chi connectivity index (χ1) is 14.7. The summed E-state index contributed by atoms with van der Waals surface area (Å²) >= 11 is 0. The van der Waals surface area contributed by atoms with Crippen molar-refractivity contribution in [2.75, 3.05) is 13.1 Å². The van der Waals surface area contributed by atoms with Crippen molar-refractivity contribution in [3.8, 4) is 11.3 Å². The molecule has 1 fully saturated rings. The van der Waals surface area contributed by atoms with Crippen LogP contribution in [0.25, 0.3) is 11.3 Å². The number of aryl methyl sites for hydroxylation is 1. The lowest BCUT2D eigenvalue weighted by atomic mass is 9.82. The molecule has 0 unspecified atom stereocenters. The standard InChI is InChI=1S/C23H25N5O2/c29-22(6-3-9-27-10-4-8-25-27)26-14-17-11-19(16-26)21-12-18(13-23(30)28(21)15-17)20-5-1-2-7-24-20/h1-2,4-5,7-8,10,12-13,17,19H,3,6,9,11,14-16H2/t17-,19+/m0/s1. The van der Waals surface area contributed by atoms with E-state index >= 15 is 0 Å². The van der Waals surface area contributed by atoms with E-state index < -0.39 is 0 Å². The largest absolute Gasteiger partial charge is 0.342 e. The highest BCUT2D eigenvalue weighted by Crippen LogP contribution is 2.36. The van der Waals surface area contributed by atoms with Gasteiger partial charge >= 0.3 is 0 Å². The molecule has 0 N–H and O–H groups in total. The molecule has 3 aromatic heterocycles. The number of nitrogens with zero attached hydrogens (tertiary/aromatic N) is 5. The van der Waals surface area contributed by atoms with E-state index in [2.05, 4.69) is 16.1 Å². The summed E-state index contributed by atoms with van der Waals surface area (Å²) in [5.74, 6) is 0.738. The molecule has 0 aliphatic carbocycles. The van der Waals surface area contributed by atoms with Gasteiger partial charge in [0.05, 0.1) is 5.69 Å². The fraction of sp³-hybridized carbons (Fsp3) is 0.391. The molecule has 3 aromatic rings. The molecule has 7 heteroatoms. The van der Waals surface area contributed by atoms with Gasteiger partial charge in [0.2, 0.25) is 5.91 Å².